The molecule has 76 valence electrons. The highest BCUT2D eigenvalue weighted by Crippen LogP contribution is 2.16. The van der Waals surface area contributed by atoms with E-state index in [0.29, 0.717) is 5.92 Å². The Morgan fingerprint density at radius 1 is 1.31 bits per heavy atom. The van der Waals surface area contributed by atoms with E-state index in [0.717, 1.165) is 12.8 Å². The summed E-state index contributed by atoms with van der Waals surface area (Å²) in [5, 5.41) is 2.33. The minimum Gasteiger partial charge on any atom is -0.296 e. The van der Waals surface area contributed by atoms with E-state index in [4.69, 9.17) is 0 Å². The Kier molecular flexibility index (Phi) is 5.35. The number of carbonyl (C=O) groups is 2. The highest BCUT2D eigenvalue weighted by Gasteiger charge is 2.21. The van der Waals surface area contributed by atoms with Crippen LogP contribution in [0.15, 0.2) is 0 Å². The molecule has 0 heterocycles. The first kappa shape index (κ1) is 12.1. The van der Waals surface area contributed by atoms with E-state index in [-0.39, 0.29) is 17.7 Å². The SMILES string of the molecule is CCC[C@@H](C(=O)NC(C)=O)C(C)C. The van der Waals surface area contributed by atoms with E-state index in [9.17, 15) is 9.59 Å². The lowest BCUT2D eigenvalue weighted by atomic mass is 9.90. The van der Waals surface area contributed by atoms with Crippen molar-refractivity contribution in [2.24, 2.45) is 11.8 Å². The van der Waals surface area contributed by atoms with Crippen molar-refractivity contribution >= 4 is 11.8 Å². The summed E-state index contributed by atoms with van der Waals surface area (Å²) in [6.45, 7) is 7.40. The van der Waals surface area contributed by atoms with E-state index >= 15 is 0 Å². The fourth-order valence-corrected chi connectivity index (χ4v) is 1.34. The van der Waals surface area contributed by atoms with Crippen molar-refractivity contribution < 1.29 is 9.59 Å². The van der Waals surface area contributed by atoms with Crippen LogP contribution in [0.25, 0.3) is 0 Å². The number of hydrogen-bond acceptors (Lipinski definition) is 2. The third-order valence-corrected chi connectivity index (χ3v) is 2.04. The van der Waals surface area contributed by atoms with Gasteiger partial charge in [0.2, 0.25) is 11.8 Å². The lowest BCUT2D eigenvalue weighted by Crippen LogP contribution is -2.36. The molecular formula is C10H19NO2. The molecule has 1 atom stereocenters. The molecule has 1 N–H and O–H groups in total. The van der Waals surface area contributed by atoms with Crippen LogP contribution < -0.4 is 5.32 Å². The lowest BCUT2D eigenvalue weighted by Gasteiger charge is -2.18. The Balaban J connectivity index is 4.19. The van der Waals surface area contributed by atoms with Crippen LogP contribution in [0.1, 0.15) is 40.5 Å². The second-order valence-corrected chi connectivity index (χ2v) is 3.68. The smallest absolute Gasteiger partial charge is 0.229 e. The molecule has 2 amide bonds. The summed E-state index contributed by atoms with van der Waals surface area (Å²) < 4.78 is 0. The number of amides is 2. The molecular weight excluding hydrogens is 166 g/mol. The summed E-state index contributed by atoms with van der Waals surface area (Å²) in [5.41, 5.74) is 0. The molecule has 3 nitrogen and oxygen atoms in total. The van der Waals surface area contributed by atoms with Crippen LogP contribution in [0, 0.1) is 11.8 Å². The van der Waals surface area contributed by atoms with E-state index in [1.54, 1.807) is 0 Å². The zero-order valence-corrected chi connectivity index (χ0v) is 8.89. The van der Waals surface area contributed by atoms with Crippen molar-refractivity contribution in [2.45, 2.75) is 40.5 Å². The van der Waals surface area contributed by atoms with Crippen LogP contribution in [0.5, 0.6) is 0 Å². The zero-order valence-electron chi connectivity index (χ0n) is 8.89. The molecule has 0 saturated carbocycles. The summed E-state index contributed by atoms with van der Waals surface area (Å²) in [5.74, 6) is -0.149. The zero-order chi connectivity index (χ0) is 10.4. The normalized spacial score (nSPS) is 12.7. The van der Waals surface area contributed by atoms with Gasteiger partial charge in [-0.25, -0.2) is 0 Å². The van der Waals surface area contributed by atoms with Crippen molar-refractivity contribution in [1.29, 1.82) is 0 Å². The quantitative estimate of drug-likeness (QED) is 0.725. The lowest BCUT2D eigenvalue weighted by molar-refractivity contribution is -0.132. The summed E-state index contributed by atoms with van der Waals surface area (Å²) >= 11 is 0. The van der Waals surface area contributed by atoms with Crippen molar-refractivity contribution in [3.63, 3.8) is 0 Å². The topological polar surface area (TPSA) is 46.2 Å². The Morgan fingerprint density at radius 3 is 2.15 bits per heavy atom. The Morgan fingerprint density at radius 2 is 1.85 bits per heavy atom. The summed E-state index contributed by atoms with van der Waals surface area (Å²) in [6.07, 6.45) is 1.81. The van der Waals surface area contributed by atoms with Gasteiger partial charge in [0.05, 0.1) is 0 Å². The van der Waals surface area contributed by atoms with Gasteiger partial charge < -0.3 is 0 Å². The third-order valence-electron chi connectivity index (χ3n) is 2.04. The molecule has 0 rings (SSSR count). The molecule has 0 spiro atoms. The predicted molar refractivity (Wildman–Crippen MR) is 52.1 cm³/mol. The fraction of sp³-hybridized carbons (Fsp3) is 0.800. The number of rotatable bonds is 4. The van der Waals surface area contributed by atoms with Crippen LogP contribution in [-0.4, -0.2) is 11.8 Å². The number of nitrogens with one attached hydrogen (secondary N) is 1. The van der Waals surface area contributed by atoms with E-state index in [1.165, 1.54) is 6.92 Å². The Bertz CT molecular complexity index is 187. The van der Waals surface area contributed by atoms with Gasteiger partial charge in [0, 0.05) is 12.8 Å². The van der Waals surface area contributed by atoms with Gasteiger partial charge in [0.15, 0.2) is 0 Å². The first-order valence-electron chi connectivity index (χ1n) is 4.80. The van der Waals surface area contributed by atoms with Crippen LogP contribution in [-0.2, 0) is 9.59 Å². The predicted octanol–water partition coefficient (Wildman–Crippen LogP) is 1.72. The molecule has 3 heteroatoms. The van der Waals surface area contributed by atoms with Gasteiger partial charge in [-0.15, -0.1) is 0 Å². The summed E-state index contributed by atoms with van der Waals surface area (Å²) in [6, 6.07) is 0. The average molecular weight is 185 g/mol. The molecule has 13 heavy (non-hydrogen) atoms. The van der Waals surface area contributed by atoms with Gasteiger partial charge in [-0.05, 0) is 12.3 Å². The van der Waals surface area contributed by atoms with Crippen molar-refractivity contribution in [2.75, 3.05) is 0 Å². The first-order chi connectivity index (χ1) is 5.99. The molecule has 0 unspecified atom stereocenters. The van der Waals surface area contributed by atoms with Crippen LogP contribution in [0.3, 0.4) is 0 Å². The number of imide groups is 1. The first-order valence-corrected chi connectivity index (χ1v) is 4.80. The largest absolute Gasteiger partial charge is 0.296 e. The van der Waals surface area contributed by atoms with Crippen LogP contribution >= 0.6 is 0 Å². The molecule has 0 aromatic rings. The molecule has 0 aliphatic carbocycles. The van der Waals surface area contributed by atoms with Gasteiger partial charge in [-0.3, -0.25) is 14.9 Å². The van der Waals surface area contributed by atoms with Gasteiger partial charge in [-0.1, -0.05) is 27.2 Å². The molecule has 0 radical (unpaired) electrons. The second kappa shape index (κ2) is 5.73. The molecule has 0 aliphatic rings. The molecule has 0 saturated heterocycles. The maximum atomic E-state index is 11.5. The van der Waals surface area contributed by atoms with Gasteiger partial charge in [0.25, 0.3) is 0 Å². The second-order valence-electron chi connectivity index (χ2n) is 3.68. The molecule has 0 aromatic carbocycles. The van der Waals surface area contributed by atoms with Crippen LogP contribution in [0.4, 0.5) is 0 Å². The number of hydrogen-bond donors (Lipinski definition) is 1. The van der Waals surface area contributed by atoms with Crippen LogP contribution in [0.2, 0.25) is 0 Å². The van der Waals surface area contributed by atoms with E-state index in [1.807, 2.05) is 20.8 Å². The average Bonchev–Trinajstić information content (AvgIpc) is 1.97. The molecule has 0 bridgehead atoms. The van der Waals surface area contributed by atoms with Crippen molar-refractivity contribution in [3.05, 3.63) is 0 Å². The highest BCUT2D eigenvalue weighted by molar-refractivity contribution is 5.95. The maximum Gasteiger partial charge on any atom is 0.229 e. The van der Waals surface area contributed by atoms with Gasteiger partial charge in [-0.2, -0.15) is 0 Å². The molecule has 0 aromatic heterocycles. The third kappa shape index (κ3) is 4.65. The Hall–Kier alpha value is -0.860. The molecule has 0 fully saturated rings. The highest BCUT2D eigenvalue weighted by atomic mass is 16.2. The van der Waals surface area contributed by atoms with Crippen molar-refractivity contribution in [1.82, 2.24) is 5.32 Å². The minimum atomic E-state index is -0.272. The maximum absolute atomic E-state index is 11.5. The van der Waals surface area contributed by atoms with E-state index in [2.05, 4.69) is 5.32 Å². The monoisotopic (exact) mass is 185 g/mol. The van der Waals surface area contributed by atoms with Gasteiger partial charge in [0.1, 0.15) is 0 Å². The molecule has 0 aliphatic heterocycles. The van der Waals surface area contributed by atoms with E-state index < -0.39 is 0 Å². The van der Waals surface area contributed by atoms with Crippen molar-refractivity contribution in [3.8, 4) is 0 Å². The number of carbonyl (C=O) groups excluding carboxylic acids is 2. The fourth-order valence-electron chi connectivity index (χ4n) is 1.34. The Labute approximate surface area is 79.9 Å². The summed E-state index contributed by atoms with van der Waals surface area (Å²) in [7, 11) is 0. The van der Waals surface area contributed by atoms with Gasteiger partial charge >= 0.3 is 0 Å². The summed E-state index contributed by atoms with van der Waals surface area (Å²) in [4.78, 5) is 22.1. The minimum absolute atomic E-state index is 0.0334. The standard InChI is InChI=1S/C10H19NO2/c1-5-6-9(7(2)3)10(13)11-8(4)12/h7,9H,5-6H2,1-4H3,(H,11,12,13)/t9-/m1/s1.